The maximum Gasteiger partial charge on any atom is 0.317 e. The van der Waals surface area contributed by atoms with Gasteiger partial charge in [0.2, 0.25) is 0 Å². The number of carbonyl (C=O) groups is 2. The van der Waals surface area contributed by atoms with Crippen molar-refractivity contribution in [2.75, 3.05) is 12.4 Å². The summed E-state index contributed by atoms with van der Waals surface area (Å²) in [5.41, 5.74) is 0.469. The summed E-state index contributed by atoms with van der Waals surface area (Å²) < 4.78 is 24.0. The van der Waals surface area contributed by atoms with Crippen molar-refractivity contribution in [2.45, 2.75) is 44.1 Å². The van der Waals surface area contributed by atoms with Gasteiger partial charge in [0.05, 0.1) is 12.5 Å². The van der Waals surface area contributed by atoms with E-state index in [2.05, 4.69) is 5.32 Å². The van der Waals surface area contributed by atoms with Gasteiger partial charge in [-0.2, -0.15) is 0 Å². The highest BCUT2D eigenvalue weighted by atomic mass is 19.1. The van der Waals surface area contributed by atoms with Crippen molar-refractivity contribution in [2.24, 2.45) is 0 Å². The van der Waals surface area contributed by atoms with Crippen LogP contribution in [0.2, 0.25) is 0 Å². The van der Waals surface area contributed by atoms with E-state index < -0.39 is 23.4 Å². The molecule has 0 spiro atoms. The molecule has 0 aliphatic heterocycles. The van der Waals surface area contributed by atoms with Crippen LogP contribution < -0.4 is 10.1 Å². The van der Waals surface area contributed by atoms with Crippen molar-refractivity contribution in [3.8, 4) is 5.75 Å². The van der Waals surface area contributed by atoms with Crippen LogP contribution in [0.4, 0.5) is 10.1 Å². The molecule has 5 nitrogen and oxygen atoms in total. The molecule has 0 radical (unpaired) electrons. The second kappa shape index (κ2) is 8.42. The number of amides is 1. The van der Waals surface area contributed by atoms with E-state index in [0.29, 0.717) is 24.3 Å². The maximum absolute atomic E-state index is 13.3. The van der Waals surface area contributed by atoms with Gasteiger partial charge in [0.15, 0.2) is 6.10 Å². The molecule has 1 aliphatic rings. The quantitative estimate of drug-likeness (QED) is 0.757. The average Bonchev–Trinajstić information content (AvgIpc) is 3.19. The highest BCUT2D eigenvalue weighted by Crippen LogP contribution is 2.42. The highest BCUT2D eigenvalue weighted by Gasteiger charge is 2.45. The first-order chi connectivity index (χ1) is 13.4. The van der Waals surface area contributed by atoms with Crippen LogP contribution >= 0.6 is 0 Å². The molecule has 2 aromatic rings. The van der Waals surface area contributed by atoms with Crippen molar-refractivity contribution in [3.63, 3.8) is 0 Å². The van der Waals surface area contributed by atoms with E-state index in [9.17, 15) is 14.0 Å². The first-order valence-corrected chi connectivity index (χ1v) is 9.37. The molecule has 148 valence electrons. The fourth-order valence-electron chi connectivity index (χ4n) is 3.63. The average molecular weight is 385 g/mol. The number of benzene rings is 2. The Kier molecular flexibility index (Phi) is 5.97. The number of anilines is 1. The molecule has 0 unspecified atom stereocenters. The fraction of sp³-hybridized carbons (Fsp3) is 0.364. The third kappa shape index (κ3) is 4.16. The second-order valence-corrected chi connectivity index (χ2v) is 7.06. The predicted octanol–water partition coefficient (Wildman–Crippen LogP) is 4.22. The third-order valence-corrected chi connectivity index (χ3v) is 5.23. The Balaban J connectivity index is 1.70. The molecule has 1 atom stereocenters. The van der Waals surface area contributed by atoms with Gasteiger partial charge < -0.3 is 14.8 Å². The Morgan fingerprint density at radius 3 is 2.43 bits per heavy atom. The molecule has 0 aromatic heterocycles. The Morgan fingerprint density at radius 1 is 1.11 bits per heavy atom. The van der Waals surface area contributed by atoms with Crippen molar-refractivity contribution < 1.29 is 23.5 Å². The largest absolute Gasteiger partial charge is 0.497 e. The molecular weight excluding hydrogens is 361 g/mol. The smallest absolute Gasteiger partial charge is 0.317 e. The van der Waals surface area contributed by atoms with Crippen molar-refractivity contribution >= 4 is 17.6 Å². The zero-order valence-corrected chi connectivity index (χ0v) is 16.0. The van der Waals surface area contributed by atoms with Crippen LogP contribution in [0, 0.1) is 5.82 Å². The van der Waals surface area contributed by atoms with Gasteiger partial charge in [0.25, 0.3) is 5.91 Å². The number of hydrogen-bond donors (Lipinski definition) is 1. The summed E-state index contributed by atoms with van der Waals surface area (Å²) in [6, 6.07) is 12.9. The van der Waals surface area contributed by atoms with Crippen LogP contribution in [0.3, 0.4) is 0 Å². The molecule has 0 heterocycles. The van der Waals surface area contributed by atoms with E-state index in [-0.39, 0.29) is 5.82 Å². The van der Waals surface area contributed by atoms with E-state index in [4.69, 9.17) is 9.47 Å². The summed E-state index contributed by atoms with van der Waals surface area (Å²) in [5.74, 6) is -0.598. The minimum Gasteiger partial charge on any atom is -0.497 e. The summed E-state index contributed by atoms with van der Waals surface area (Å²) in [4.78, 5) is 25.5. The first kappa shape index (κ1) is 19.9. The van der Waals surface area contributed by atoms with Gasteiger partial charge in [0, 0.05) is 11.8 Å². The molecule has 1 aliphatic carbocycles. The number of esters is 1. The standard InChI is InChI=1S/C22H24FNO4/c1-15(20(25)24-18-6-5-7-19(14-18)27-2)28-21(26)22(12-3-4-13-22)16-8-10-17(23)11-9-16/h5-11,14-15H,3-4,12-13H2,1-2H3,(H,24,25)/t15-/m1/s1. The lowest BCUT2D eigenvalue weighted by Gasteiger charge is -2.28. The lowest BCUT2D eigenvalue weighted by molar-refractivity contribution is -0.159. The number of carbonyl (C=O) groups excluding carboxylic acids is 2. The maximum atomic E-state index is 13.3. The van der Waals surface area contributed by atoms with E-state index in [0.717, 1.165) is 18.4 Å². The monoisotopic (exact) mass is 385 g/mol. The molecule has 1 N–H and O–H groups in total. The van der Waals surface area contributed by atoms with E-state index in [1.807, 2.05) is 0 Å². The molecular formula is C22H24FNO4. The van der Waals surface area contributed by atoms with Crippen molar-refractivity contribution in [3.05, 3.63) is 59.9 Å². The number of nitrogens with one attached hydrogen (secondary N) is 1. The predicted molar refractivity (Wildman–Crippen MR) is 104 cm³/mol. The highest BCUT2D eigenvalue weighted by molar-refractivity contribution is 5.96. The van der Waals surface area contributed by atoms with Gasteiger partial charge in [-0.25, -0.2) is 4.39 Å². The van der Waals surface area contributed by atoms with Crippen LogP contribution in [-0.4, -0.2) is 25.1 Å². The zero-order valence-electron chi connectivity index (χ0n) is 16.0. The number of hydrogen-bond acceptors (Lipinski definition) is 4. The van der Waals surface area contributed by atoms with E-state index in [1.165, 1.54) is 12.1 Å². The number of halogens is 1. The molecule has 1 amide bonds. The lowest BCUT2D eigenvalue weighted by Crippen LogP contribution is -2.39. The SMILES string of the molecule is COc1cccc(NC(=O)[C@@H](C)OC(=O)C2(c3ccc(F)cc3)CCCC2)c1. The Labute approximate surface area is 163 Å². The van der Waals surface area contributed by atoms with Crippen molar-refractivity contribution in [1.82, 2.24) is 0 Å². The van der Waals surface area contributed by atoms with E-state index in [1.54, 1.807) is 50.4 Å². The molecule has 28 heavy (non-hydrogen) atoms. The molecule has 2 aromatic carbocycles. The van der Waals surface area contributed by atoms with Gasteiger partial charge in [-0.05, 0) is 49.6 Å². The van der Waals surface area contributed by atoms with Gasteiger partial charge in [-0.3, -0.25) is 9.59 Å². The Bertz CT molecular complexity index is 844. The molecule has 6 heteroatoms. The van der Waals surface area contributed by atoms with Gasteiger partial charge in [-0.15, -0.1) is 0 Å². The first-order valence-electron chi connectivity index (χ1n) is 9.37. The Hall–Kier alpha value is -2.89. The summed E-state index contributed by atoms with van der Waals surface area (Å²) in [6.45, 7) is 1.54. The molecule has 0 bridgehead atoms. The van der Waals surface area contributed by atoms with Crippen LogP contribution in [0.25, 0.3) is 0 Å². The van der Waals surface area contributed by atoms with Gasteiger partial charge in [0.1, 0.15) is 11.6 Å². The number of ether oxygens (including phenoxy) is 2. The number of rotatable bonds is 6. The summed E-state index contributed by atoms with van der Waals surface area (Å²) in [6.07, 6.45) is 2.06. The van der Waals surface area contributed by atoms with Crippen molar-refractivity contribution in [1.29, 1.82) is 0 Å². The normalized spacial score (nSPS) is 16.2. The van der Waals surface area contributed by atoms with Crippen LogP contribution in [0.5, 0.6) is 5.75 Å². The molecule has 3 rings (SSSR count). The van der Waals surface area contributed by atoms with Crippen LogP contribution in [0.15, 0.2) is 48.5 Å². The molecule has 1 fully saturated rings. The summed E-state index contributed by atoms with van der Waals surface area (Å²) in [7, 11) is 1.54. The fourth-order valence-corrected chi connectivity index (χ4v) is 3.63. The van der Waals surface area contributed by atoms with Gasteiger partial charge in [-0.1, -0.05) is 31.0 Å². The van der Waals surface area contributed by atoms with Gasteiger partial charge >= 0.3 is 5.97 Å². The Morgan fingerprint density at radius 2 is 1.79 bits per heavy atom. The molecule has 0 saturated heterocycles. The summed E-state index contributed by atoms with van der Waals surface area (Å²) >= 11 is 0. The van der Waals surface area contributed by atoms with E-state index >= 15 is 0 Å². The second-order valence-electron chi connectivity index (χ2n) is 7.06. The minimum absolute atomic E-state index is 0.351. The molecule has 1 saturated carbocycles. The minimum atomic E-state index is -0.961. The topological polar surface area (TPSA) is 64.6 Å². The van der Waals surface area contributed by atoms with Crippen LogP contribution in [-0.2, 0) is 19.7 Å². The third-order valence-electron chi connectivity index (χ3n) is 5.23. The number of methoxy groups -OCH3 is 1. The van der Waals surface area contributed by atoms with Crippen LogP contribution in [0.1, 0.15) is 38.2 Å². The lowest BCUT2D eigenvalue weighted by atomic mass is 9.79. The zero-order chi connectivity index (χ0) is 20.1. The summed E-state index contributed by atoms with van der Waals surface area (Å²) in [5, 5.41) is 2.73.